The Morgan fingerprint density at radius 1 is 1.20 bits per heavy atom. The van der Waals surface area contributed by atoms with Crippen molar-refractivity contribution < 1.29 is 10.1 Å². The monoisotopic (exact) mass is 202 g/mol. The van der Waals surface area contributed by atoms with Crippen LogP contribution in [0, 0.1) is 13.8 Å². The molecule has 2 heteroatoms. The fourth-order valence-corrected chi connectivity index (χ4v) is 1.93. The van der Waals surface area contributed by atoms with Gasteiger partial charge in [0.15, 0.2) is 0 Å². The fraction of sp³-hybridized carbons (Fsp3) is 0.231. The van der Waals surface area contributed by atoms with Crippen LogP contribution < -0.4 is 0 Å². The topological polar surface area (TPSA) is 29.5 Å². The van der Waals surface area contributed by atoms with Gasteiger partial charge in [0.05, 0.1) is 0 Å². The molecule has 2 nitrogen and oxygen atoms in total. The molecule has 78 valence electrons. The molecule has 0 aliphatic rings. The molecule has 0 unspecified atom stereocenters. The van der Waals surface area contributed by atoms with Gasteiger partial charge in [-0.15, -0.1) is 0 Å². The average Bonchev–Trinajstić information content (AvgIpc) is 2.25. The number of fused-ring (bicyclic) bond motifs is 1. The minimum Gasteiger partial charge on any atom is -0.251 e. The summed E-state index contributed by atoms with van der Waals surface area (Å²) in [6.07, 6.45) is 0. The summed E-state index contributed by atoms with van der Waals surface area (Å²) in [6.45, 7) is 4.37. The Balaban J connectivity index is 2.77. The predicted octanol–water partition coefficient (Wildman–Crippen LogP) is 3.45. The lowest BCUT2D eigenvalue weighted by molar-refractivity contribution is -0.252. The van der Waals surface area contributed by atoms with Gasteiger partial charge in [-0.1, -0.05) is 30.3 Å². The van der Waals surface area contributed by atoms with Gasteiger partial charge in [-0.2, -0.15) is 0 Å². The van der Waals surface area contributed by atoms with Crippen LogP contribution in [0.1, 0.15) is 16.7 Å². The van der Waals surface area contributed by atoms with E-state index in [0.717, 1.165) is 10.9 Å². The lowest BCUT2D eigenvalue weighted by Crippen LogP contribution is -1.96. The molecule has 0 bridgehead atoms. The summed E-state index contributed by atoms with van der Waals surface area (Å²) in [5.74, 6) is 0. The highest BCUT2D eigenvalue weighted by Crippen LogP contribution is 2.25. The van der Waals surface area contributed by atoms with Crippen LogP contribution in [0.3, 0.4) is 0 Å². The van der Waals surface area contributed by atoms with Gasteiger partial charge in [-0.25, -0.2) is 4.89 Å². The van der Waals surface area contributed by atoms with Crippen LogP contribution in [0.2, 0.25) is 0 Å². The molecule has 0 aliphatic carbocycles. The van der Waals surface area contributed by atoms with Crippen LogP contribution in [0.5, 0.6) is 0 Å². The molecule has 0 aromatic heterocycles. The molecule has 0 amide bonds. The number of benzene rings is 2. The molecule has 0 spiro atoms. The molecule has 0 aliphatic heterocycles. The molecule has 2 aromatic rings. The van der Waals surface area contributed by atoms with E-state index in [0.29, 0.717) is 0 Å². The second-order valence-electron chi connectivity index (χ2n) is 3.79. The third kappa shape index (κ3) is 1.74. The SMILES string of the molecule is Cc1cc2ccccc2c(COO)c1C. The van der Waals surface area contributed by atoms with Crippen molar-refractivity contribution in [2.45, 2.75) is 20.5 Å². The van der Waals surface area contributed by atoms with Crippen LogP contribution in [-0.4, -0.2) is 5.26 Å². The van der Waals surface area contributed by atoms with E-state index in [9.17, 15) is 0 Å². The van der Waals surface area contributed by atoms with Crippen LogP contribution in [0.4, 0.5) is 0 Å². The predicted molar refractivity (Wildman–Crippen MR) is 60.8 cm³/mol. The molecule has 0 radical (unpaired) electrons. The van der Waals surface area contributed by atoms with Crippen molar-refractivity contribution in [1.82, 2.24) is 0 Å². The van der Waals surface area contributed by atoms with Crippen molar-refractivity contribution in [2.24, 2.45) is 0 Å². The lowest BCUT2D eigenvalue weighted by atomic mass is 9.96. The fourth-order valence-electron chi connectivity index (χ4n) is 1.93. The summed E-state index contributed by atoms with van der Waals surface area (Å²) in [4.78, 5) is 4.27. The van der Waals surface area contributed by atoms with Gasteiger partial charge in [0.2, 0.25) is 0 Å². The van der Waals surface area contributed by atoms with Crippen molar-refractivity contribution in [3.8, 4) is 0 Å². The van der Waals surface area contributed by atoms with Crippen molar-refractivity contribution in [1.29, 1.82) is 0 Å². The van der Waals surface area contributed by atoms with Gasteiger partial charge in [-0.3, -0.25) is 5.26 Å². The zero-order valence-corrected chi connectivity index (χ0v) is 8.95. The molecule has 0 atom stereocenters. The zero-order chi connectivity index (χ0) is 10.8. The molecule has 0 heterocycles. The number of hydrogen-bond acceptors (Lipinski definition) is 2. The highest BCUT2D eigenvalue weighted by Gasteiger charge is 2.07. The number of rotatable bonds is 2. The van der Waals surface area contributed by atoms with Gasteiger partial charge in [0.1, 0.15) is 6.61 Å². The van der Waals surface area contributed by atoms with Crippen LogP contribution >= 0.6 is 0 Å². The normalized spacial score (nSPS) is 10.9. The molecule has 2 rings (SSSR count). The average molecular weight is 202 g/mol. The Labute approximate surface area is 89.0 Å². The summed E-state index contributed by atoms with van der Waals surface area (Å²) in [7, 11) is 0. The van der Waals surface area contributed by atoms with Gasteiger partial charge in [-0.05, 0) is 41.3 Å². The first-order valence-electron chi connectivity index (χ1n) is 4.98. The van der Waals surface area contributed by atoms with Gasteiger partial charge < -0.3 is 0 Å². The standard InChI is InChI=1S/C13H14O2/c1-9-7-11-5-3-4-6-12(11)13(8-15-14)10(9)2/h3-7,14H,8H2,1-2H3. The van der Waals surface area contributed by atoms with Crippen molar-refractivity contribution in [2.75, 3.05) is 0 Å². The Hall–Kier alpha value is -1.38. The molecule has 0 fully saturated rings. The maximum Gasteiger partial charge on any atom is 0.108 e. The number of aryl methyl sites for hydroxylation is 1. The highest BCUT2D eigenvalue weighted by atomic mass is 17.1. The Morgan fingerprint density at radius 3 is 2.67 bits per heavy atom. The summed E-state index contributed by atoms with van der Waals surface area (Å²) in [6, 6.07) is 10.3. The zero-order valence-electron chi connectivity index (χ0n) is 8.95. The quantitative estimate of drug-likeness (QED) is 0.597. The Kier molecular flexibility index (Phi) is 2.71. The van der Waals surface area contributed by atoms with E-state index in [4.69, 9.17) is 5.26 Å². The van der Waals surface area contributed by atoms with Crippen molar-refractivity contribution in [3.63, 3.8) is 0 Å². The van der Waals surface area contributed by atoms with E-state index in [2.05, 4.69) is 36.9 Å². The summed E-state index contributed by atoms with van der Waals surface area (Å²) in [5.41, 5.74) is 3.47. The van der Waals surface area contributed by atoms with Gasteiger partial charge >= 0.3 is 0 Å². The first-order chi connectivity index (χ1) is 7.24. The van der Waals surface area contributed by atoms with E-state index < -0.39 is 0 Å². The second kappa shape index (κ2) is 4.01. The smallest absolute Gasteiger partial charge is 0.108 e. The molecular formula is C13H14O2. The molecule has 2 aromatic carbocycles. The largest absolute Gasteiger partial charge is 0.251 e. The van der Waals surface area contributed by atoms with Gasteiger partial charge in [0.25, 0.3) is 0 Å². The molecular weight excluding hydrogens is 188 g/mol. The summed E-state index contributed by atoms with van der Waals surface area (Å²) < 4.78 is 0. The van der Waals surface area contributed by atoms with Gasteiger partial charge in [0, 0.05) is 0 Å². The second-order valence-corrected chi connectivity index (χ2v) is 3.79. The van der Waals surface area contributed by atoms with E-state index in [1.54, 1.807) is 0 Å². The maximum absolute atomic E-state index is 8.59. The minimum atomic E-state index is 0.244. The van der Waals surface area contributed by atoms with E-state index in [-0.39, 0.29) is 6.61 Å². The number of hydrogen-bond donors (Lipinski definition) is 1. The van der Waals surface area contributed by atoms with Crippen LogP contribution in [0.25, 0.3) is 10.8 Å². The summed E-state index contributed by atoms with van der Waals surface area (Å²) in [5, 5.41) is 10.9. The maximum atomic E-state index is 8.59. The van der Waals surface area contributed by atoms with Crippen LogP contribution in [-0.2, 0) is 11.5 Å². The molecule has 15 heavy (non-hydrogen) atoms. The first-order valence-corrected chi connectivity index (χ1v) is 4.98. The van der Waals surface area contributed by atoms with E-state index in [1.165, 1.54) is 16.5 Å². The van der Waals surface area contributed by atoms with Crippen molar-refractivity contribution in [3.05, 3.63) is 47.0 Å². The Bertz CT molecular complexity index is 489. The van der Waals surface area contributed by atoms with E-state index >= 15 is 0 Å². The van der Waals surface area contributed by atoms with Crippen molar-refractivity contribution >= 4 is 10.8 Å². The Morgan fingerprint density at radius 2 is 1.93 bits per heavy atom. The van der Waals surface area contributed by atoms with E-state index in [1.807, 2.05) is 12.1 Å². The summed E-state index contributed by atoms with van der Waals surface area (Å²) >= 11 is 0. The first kappa shape index (κ1) is 10.1. The van der Waals surface area contributed by atoms with Crippen LogP contribution in [0.15, 0.2) is 30.3 Å². The third-order valence-corrected chi connectivity index (χ3v) is 2.91. The highest BCUT2D eigenvalue weighted by molar-refractivity contribution is 5.87. The minimum absolute atomic E-state index is 0.244. The lowest BCUT2D eigenvalue weighted by Gasteiger charge is -2.11. The molecule has 1 N–H and O–H groups in total. The molecule has 0 saturated heterocycles. The third-order valence-electron chi connectivity index (χ3n) is 2.91. The molecule has 0 saturated carbocycles.